The Kier molecular flexibility index (Phi) is 4.53. The molecule has 0 aliphatic carbocycles. The number of carbonyl (C=O) groups excluding carboxylic acids is 1. The molecule has 2 aromatic rings. The Hall–Kier alpha value is -2.74. The Morgan fingerprint density at radius 1 is 1.15 bits per heavy atom. The van der Waals surface area contributed by atoms with E-state index in [0.717, 1.165) is 22.9 Å². The molecule has 0 radical (unpaired) electrons. The zero-order valence-electron chi connectivity index (χ0n) is 14.4. The minimum absolute atomic E-state index is 0.0925. The summed E-state index contributed by atoms with van der Waals surface area (Å²) in [6.07, 6.45) is 1.08. The molecule has 7 nitrogen and oxygen atoms in total. The molecule has 1 aliphatic rings. The van der Waals surface area contributed by atoms with Gasteiger partial charge in [0.15, 0.2) is 11.5 Å². The van der Waals surface area contributed by atoms with Gasteiger partial charge in [-0.05, 0) is 41.0 Å². The summed E-state index contributed by atoms with van der Waals surface area (Å²) in [5.74, 6) is -0.716. The Labute approximate surface area is 151 Å². The highest BCUT2D eigenvalue weighted by Gasteiger charge is 2.28. The van der Waals surface area contributed by atoms with Gasteiger partial charge in [0.25, 0.3) is 0 Å². The van der Waals surface area contributed by atoms with E-state index in [2.05, 4.69) is 4.72 Å². The lowest BCUT2D eigenvalue weighted by atomic mass is 9.84. The summed E-state index contributed by atoms with van der Waals surface area (Å²) >= 11 is 0. The molecule has 3 N–H and O–H groups in total. The van der Waals surface area contributed by atoms with Crippen molar-refractivity contribution < 1.29 is 23.4 Å². The first-order valence-corrected chi connectivity index (χ1v) is 9.91. The average Bonchev–Trinajstić information content (AvgIpc) is 2.54. The first-order chi connectivity index (χ1) is 12.1. The molecule has 0 spiro atoms. The molecule has 138 valence electrons. The number of aromatic hydroxyl groups is 2. The quantitative estimate of drug-likeness (QED) is 0.710. The highest BCUT2D eigenvalue weighted by molar-refractivity contribution is 7.92. The van der Waals surface area contributed by atoms with E-state index >= 15 is 0 Å². The van der Waals surface area contributed by atoms with Crippen molar-refractivity contribution >= 4 is 21.6 Å². The van der Waals surface area contributed by atoms with E-state index in [0.29, 0.717) is 18.8 Å². The molecular weight excluding hydrogens is 356 g/mol. The third-order valence-corrected chi connectivity index (χ3v) is 5.04. The first-order valence-electron chi connectivity index (χ1n) is 8.02. The molecule has 26 heavy (non-hydrogen) atoms. The van der Waals surface area contributed by atoms with Crippen molar-refractivity contribution in [2.24, 2.45) is 0 Å². The number of amides is 1. The highest BCUT2D eigenvalue weighted by Crippen LogP contribution is 2.37. The smallest absolute Gasteiger partial charge is 0.229 e. The van der Waals surface area contributed by atoms with E-state index in [-0.39, 0.29) is 23.3 Å². The van der Waals surface area contributed by atoms with Gasteiger partial charge < -0.3 is 15.1 Å². The van der Waals surface area contributed by atoms with Crippen LogP contribution in [0.4, 0.5) is 5.69 Å². The van der Waals surface area contributed by atoms with E-state index in [1.165, 1.54) is 19.1 Å². The molecule has 0 saturated carbocycles. The van der Waals surface area contributed by atoms with Crippen molar-refractivity contribution in [3.05, 3.63) is 53.1 Å². The van der Waals surface area contributed by atoms with Crippen LogP contribution in [0.15, 0.2) is 36.4 Å². The van der Waals surface area contributed by atoms with Crippen LogP contribution in [0.5, 0.6) is 11.5 Å². The average molecular weight is 376 g/mol. The summed E-state index contributed by atoms with van der Waals surface area (Å²) < 4.78 is 25.4. The number of hydrogen-bond acceptors (Lipinski definition) is 5. The molecule has 1 aliphatic heterocycles. The fourth-order valence-electron chi connectivity index (χ4n) is 3.23. The van der Waals surface area contributed by atoms with Gasteiger partial charge in [-0.2, -0.15) is 0 Å². The molecule has 0 aromatic heterocycles. The van der Waals surface area contributed by atoms with Crippen LogP contribution in [0.1, 0.15) is 29.5 Å². The Morgan fingerprint density at radius 2 is 1.88 bits per heavy atom. The summed E-state index contributed by atoms with van der Waals surface area (Å²) in [4.78, 5) is 13.6. The number of phenols is 2. The zero-order chi connectivity index (χ0) is 19.1. The van der Waals surface area contributed by atoms with Crippen LogP contribution in [0.3, 0.4) is 0 Å². The number of fused-ring (bicyclic) bond motifs is 1. The highest BCUT2D eigenvalue weighted by atomic mass is 32.2. The molecule has 1 amide bonds. The number of hydrogen-bond donors (Lipinski definition) is 3. The summed E-state index contributed by atoms with van der Waals surface area (Å²) in [5, 5.41) is 19.4. The van der Waals surface area contributed by atoms with Crippen LogP contribution in [0.2, 0.25) is 0 Å². The second-order valence-electron chi connectivity index (χ2n) is 6.49. The van der Waals surface area contributed by atoms with Crippen molar-refractivity contribution in [1.29, 1.82) is 0 Å². The molecule has 3 rings (SSSR count). The largest absolute Gasteiger partial charge is 0.504 e. The monoisotopic (exact) mass is 376 g/mol. The van der Waals surface area contributed by atoms with Crippen LogP contribution in [-0.2, 0) is 21.4 Å². The molecule has 1 unspecified atom stereocenters. The number of nitrogens with zero attached hydrogens (tertiary/aromatic N) is 1. The van der Waals surface area contributed by atoms with E-state index in [1.54, 1.807) is 23.1 Å². The topological polar surface area (TPSA) is 107 Å². The standard InChI is InChI=1S/C18H20N2O5S/c1-11(21)20-9-13-7-14(19-26(2,24)25)4-5-15(13)16(10-20)12-3-6-17(22)18(23)8-12/h3-8,16,19,22-23H,9-10H2,1-2H3. The predicted octanol–water partition coefficient (Wildman–Crippen LogP) is 1.96. The molecular formula is C18H20N2O5S. The summed E-state index contributed by atoms with van der Waals surface area (Å²) in [7, 11) is -3.40. The maximum atomic E-state index is 11.9. The Morgan fingerprint density at radius 3 is 2.50 bits per heavy atom. The third-order valence-electron chi connectivity index (χ3n) is 4.43. The van der Waals surface area contributed by atoms with Gasteiger partial charge >= 0.3 is 0 Å². The second kappa shape index (κ2) is 6.53. The SMILES string of the molecule is CC(=O)N1Cc2cc(NS(C)(=O)=O)ccc2C(c2ccc(O)c(O)c2)C1. The van der Waals surface area contributed by atoms with Crippen molar-refractivity contribution in [1.82, 2.24) is 4.90 Å². The molecule has 1 heterocycles. The number of phenolic OH excluding ortho intramolecular Hbond substituents is 2. The van der Waals surface area contributed by atoms with Gasteiger partial charge in [0.2, 0.25) is 15.9 Å². The molecule has 2 aromatic carbocycles. The molecule has 0 saturated heterocycles. The summed E-state index contributed by atoms with van der Waals surface area (Å²) in [6, 6.07) is 9.83. The van der Waals surface area contributed by atoms with Crippen molar-refractivity contribution in [2.45, 2.75) is 19.4 Å². The van der Waals surface area contributed by atoms with Gasteiger partial charge in [-0.3, -0.25) is 9.52 Å². The van der Waals surface area contributed by atoms with Crippen molar-refractivity contribution in [3.8, 4) is 11.5 Å². The number of benzene rings is 2. The van der Waals surface area contributed by atoms with Crippen molar-refractivity contribution in [2.75, 3.05) is 17.5 Å². The van der Waals surface area contributed by atoms with Crippen LogP contribution >= 0.6 is 0 Å². The number of carbonyl (C=O) groups is 1. The van der Waals surface area contributed by atoms with Gasteiger partial charge in [0.05, 0.1) is 6.26 Å². The lowest BCUT2D eigenvalue weighted by molar-refractivity contribution is -0.129. The van der Waals surface area contributed by atoms with Crippen LogP contribution < -0.4 is 4.72 Å². The Bertz CT molecular complexity index is 972. The van der Waals surface area contributed by atoms with Crippen molar-refractivity contribution in [3.63, 3.8) is 0 Å². The fraction of sp³-hybridized carbons (Fsp3) is 0.278. The zero-order valence-corrected chi connectivity index (χ0v) is 15.2. The van der Waals surface area contributed by atoms with E-state index in [1.807, 2.05) is 6.07 Å². The third kappa shape index (κ3) is 3.75. The lowest BCUT2D eigenvalue weighted by Crippen LogP contribution is -2.37. The maximum absolute atomic E-state index is 11.9. The molecule has 1 atom stereocenters. The molecule has 0 fully saturated rings. The lowest BCUT2D eigenvalue weighted by Gasteiger charge is -2.35. The maximum Gasteiger partial charge on any atom is 0.229 e. The van der Waals surface area contributed by atoms with E-state index in [4.69, 9.17) is 0 Å². The summed E-state index contributed by atoms with van der Waals surface area (Å²) in [5.41, 5.74) is 2.98. The van der Waals surface area contributed by atoms with Gasteiger partial charge in [0.1, 0.15) is 0 Å². The van der Waals surface area contributed by atoms with Crippen LogP contribution in [0.25, 0.3) is 0 Å². The fourth-order valence-corrected chi connectivity index (χ4v) is 3.79. The number of sulfonamides is 1. The second-order valence-corrected chi connectivity index (χ2v) is 8.24. The minimum atomic E-state index is -3.40. The number of anilines is 1. The van der Waals surface area contributed by atoms with E-state index in [9.17, 15) is 23.4 Å². The van der Waals surface area contributed by atoms with Gasteiger partial charge in [-0.25, -0.2) is 8.42 Å². The Balaban J connectivity index is 2.06. The van der Waals surface area contributed by atoms with Gasteiger partial charge in [-0.1, -0.05) is 12.1 Å². The molecule has 0 bridgehead atoms. The molecule has 8 heteroatoms. The van der Waals surface area contributed by atoms with E-state index < -0.39 is 10.0 Å². The normalized spacial score (nSPS) is 16.8. The first kappa shape index (κ1) is 18.1. The summed E-state index contributed by atoms with van der Waals surface area (Å²) in [6.45, 7) is 2.30. The number of rotatable bonds is 3. The van der Waals surface area contributed by atoms with Crippen LogP contribution in [0, 0.1) is 0 Å². The predicted molar refractivity (Wildman–Crippen MR) is 97.6 cm³/mol. The van der Waals surface area contributed by atoms with Gasteiger partial charge in [0, 0.05) is 31.6 Å². The van der Waals surface area contributed by atoms with Gasteiger partial charge in [-0.15, -0.1) is 0 Å². The van der Waals surface area contributed by atoms with Crippen LogP contribution in [-0.4, -0.2) is 42.2 Å². The number of nitrogens with one attached hydrogen (secondary N) is 1. The minimum Gasteiger partial charge on any atom is -0.504 e.